The van der Waals surface area contributed by atoms with E-state index in [2.05, 4.69) is 306 Å². The molecule has 76 heavy (non-hydrogen) atoms. The molecule has 0 amide bonds. The molecule has 0 fully saturated rings. The van der Waals surface area contributed by atoms with E-state index in [-0.39, 0.29) is 6.71 Å². The van der Waals surface area contributed by atoms with E-state index in [4.69, 9.17) is 0 Å². The van der Waals surface area contributed by atoms with Crippen LogP contribution in [0.4, 0.5) is 34.1 Å². The molecular weight excluding hydrogens is 918 g/mol. The van der Waals surface area contributed by atoms with Crippen LogP contribution >= 0.6 is 0 Å². The molecule has 0 bridgehead atoms. The van der Waals surface area contributed by atoms with Crippen LogP contribution in [0.25, 0.3) is 83.1 Å². The summed E-state index contributed by atoms with van der Waals surface area (Å²) >= 11 is 0. The van der Waals surface area contributed by atoms with Crippen molar-refractivity contribution in [2.45, 2.75) is 0 Å². The zero-order valence-electron chi connectivity index (χ0n) is 41.6. The zero-order valence-corrected chi connectivity index (χ0v) is 41.6. The van der Waals surface area contributed by atoms with Gasteiger partial charge in [0.15, 0.2) is 0 Å². The van der Waals surface area contributed by atoms with E-state index in [1.165, 1.54) is 94.1 Å². The second kappa shape index (κ2) is 17.9. The normalized spacial score (nSPS) is 12.4. The molecule has 3 heterocycles. The molecule has 0 N–H and O–H groups in total. The Balaban J connectivity index is 1.02. The predicted octanol–water partition coefficient (Wildman–Crippen LogP) is 17.2. The van der Waals surface area contributed by atoms with Crippen LogP contribution in [0, 0.1) is 0 Å². The Morgan fingerprint density at radius 2 is 0.579 bits per heavy atom. The summed E-state index contributed by atoms with van der Waals surface area (Å²) in [7, 11) is 0. The fourth-order valence-corrected chi connectivity index (χ4v) is 12.2. The highest BCUT2D eigenvalue weighted by atomic mass is 15.2. The molecule has 15 rings (SSSR count). The van der Waals surface area contributed by atoms with E-state index in [0.29, 0.717) is 0 Å². The number of para-hydroxylation sites is 2. The van der Waals surface area contributed by atoms with Gasteiger partial charge in [-0.1, -0.05) is 212 Å². The van der Waals surface area contributed by atoms with Gasteiger partial charge >= 0.3 is 0 Å². The number of hydrogen-bond acceptors (Lipinski definition) is 2. The first kappa shape index (κ1) is 43.7. The van der Waals surface area contributed by atoms with Crippen molar-refractivity contribution in [3.8, 4) is 61.3 Å². The lowest BCUT2D eigenvalue weighted by Crippen LogP contribution is -2.61. The van der Waals surface area contributed by atoms with Crippen LogP contribution in [0.1, 0.15) is 0 Å². The summed E-state index contributed by atoms with van der Waals surface area (Å²) < 4.78 is 2.40. The van der Waals surface area contributed by atoms with Crippen molar-refractivity contribution in [1.29, 1.82) is 0 Å². The van der Waals surface area contributed by atoms with Crippen molar-refractivity contribution >= 4 is 79.0 Å². The molecule has 0 saturated heterocycles. The molecule has 0 saturated carbocycles. The maximum Gasteiger partial charge on any atom is 0.252 e. The van der Waals surface area contributed by atoms with Gasteiger partial charge in [0.1, 0.15) is 0 Å². The second-order valence-corrected chi connectivity index (χ2v) is 20.1. The van der Waals surface area contributed by atoms with Crippen LogP contribution in [0.5, 0.6) is 0 Å². The van der Waals surface area contributed by atoms with E-state index in [1.54, 1.807) is 0 Å². The first-order valence-corrected chi connectivity index (χ1v) is 26.3. The third-order valence-corrected chi connectivity index (χ3v) is 15.8. The lowest BCUT2D eigenvalue weighted by atomic mass is 9.33. The summed E-state index contributed by atoms with van der Waals surface area (Å²) in [5, 5.41) is 2.45. The molecule has 2 aliphatic rings. The number of hydrogen-bond donors (Lipinski definition) is 0. The summed E-state index contributed by atoms with van der Waals surface area (Å²) in [4.78, 5) is 5.10. The van der Waals surface area contributed by atoms with Crippen LogP contribution in [-0.2, 0) is 0 Å². The highest BCUT2D eigenvalue weighted by Gasteiger charge is 2.44. The molecular formula is C72H48BN3. The fourth-order valence-electron chi connectivity index (χ4n) is 12.2. The van der Waals surface area contributed by atoms with Gasteiger partial charge in [-0.05, 0) is 151 Å². The smallest absolute Gasteiger partial charge is 0.252 e. The van der Waals surface area contributed by atoms with Crippen LogP contribution < -0.4 is 26.2 Å². The molecule has 2 aliphatic heterocycles. The van der Waals surface area contributed by atoms with Crippen LogP contribution in [0.2, 0.25) is 0 Å². The number of aromatic nitrogens is 1. The van der Waals surface area contributed by atoms with Gasteiger partial charge in [0, 0.05) is 50.6 Å². The fraction of sp³-hybridized carbons (Fsp3) is 0. The largest absolute Gasteiger partial charge is 0.311 e. The highest BCUT2D eigenvalue weighted by Crippen LogP contribution is 2.48. The van der Waals surface area contributed by atoms with Crippen LogP contribution in [0.15, 0.2) is 291 Å². The Morgan fingerprint density at radius 3 is 1.07 bits per heavy atom. The molecule has 0 radical (unpaired) electrons. The molecule has 0 aliphatic carbocycles. The topological polar surface area (TPSA) is 11.4 Å². The van der Waals surface area contributed by atoms with Gasteiger partial charge in [-0.25, -0.2) is 0 Å². The molecule has 13 aromatic rings. The summed E-state index contributed by atoms with van der Waals surface area (Å²) in [5.41, 5.74) is 26.1. The zero-order chi connectivity index (χ0) is 50.1. The van der Waals surface area contributed by atoms with Gasteiger partial charge in [-0.2, -0.15) is 0 Å². The first-order valence-electron chi connectivity index (χ1n) is 26.3. The summed E-state index contributed by atoms with van der Waals surface area (Å²) in [6.07, 6.45) is 0. The number of benzene rings is 12. The molecule has 0 spiro atoms. The third kappa shape index (κ3) is 7.21. The first-order chi connectivity index (χ1) is 37.7. The van der Waals surface area contributed by atoms with Crippen molar-refractivity contribution < 1.29 is 0 Å². The molecule has 354 valence electrons. The molecule has 0 unspecified atom stereocenters. The van der Waals surface area contributed by atoms with E-state index in [0.717, 1.165) is 39.6 Å². The van der Waals surface area contributed by atoms with E-state index in [1.807, 2.05) is 0 Å². The summed E-state index contributed by atoms with van der Waals surface area (Å²) in [6, 6.07) is 107. The van der Waals surface area contributed by atoms with Crippen molar-refractivity contribution in [3.63, 3.8) is 0 Å². The Bertz CT molecular complexity index is 4110. The second-order valence-electron chi connectivity index (χ2n) is 20.1. The standard InChI is InChI=1S/C72H48BN3/c1-6-18-49(19-7-1)53-30-37-60(38-31-53)75-68-45-56(51-22-10-3-11-23-51)34-41-64(68)73-65-42-35-57(52-24-12-4-13-25-52)46-69(65)76(61-39-32-54(33-40-61)50-20-8-2-9-21-50)71-48-58(47-70(75)72(71)73)55-36-43-67-63(44-55)62-28-16-17-29-66(62)74(67)59-26-14-5-15-27-59/h1-48H. The minimum Gasteiger partial charge on any atom is -0.311 e. The monoisotopic (exact) mass is 965 g/mol. The SMILES string of the molecule is c1ccc(-c2ccc(N3c4cc(-c5ccccc5)ccc4B4c5ccc(-c6ccccc6)cc5N(c5ccc(-c6ccccc6)cc5)c5cc(-c6ccc7c(c6)c6ccccc6n7-c6ccccc6)cc3c54)cc2)cc1. The maximum atomic E-state index is 2.55. The quantitative estimate of drug-likeness (QED) is 0.141. The lowest BCUT2D eigenvalue weighted by Gasteiger charge is -2.44. The van der Waals surface area contributed by atoms with Crippen LogP contribution in [-0.4, -0.2) is 11.3 Å². The lowest BCUT2D eigenvalue weighted by molar-refractivity contribution is 1.18. The Hall–Kier alpha value is -9.90. The number of fused-ring (bicyclic) bond motifs is 7. The number of anilines is 6. The summed E-state index contributed by atoms with van der Waals surface area (Å²) in [6.45, 7) is -0.0651. The number of rotatable bonds is 8. The van der Waals surface area contributed by atoms with E-state index < -0.39 is 0 Å². The average Bonchev–Trinajstić information content (AvgIpc) is 3.98. The highest BCUT2D eigenvalue weighted by molar-refractivity contribution is 7.00. The van der Waals surface area contributed by atoms with Crippen molar-refractivity contribution in [2.75, 3.05) is 9.80 Å². The predicted molar refractivity (Wildman–Crippen MR) is 322 cm³/mol. The Morgan fingerprint density at radius 1 is 0.224 bits per heavy atom. The molecule has 1 aromatic heterocycles. The average molecular weight is 966 g/mol. The van der Waals surface area contributed by atoms with Gasteiger partial charge in [-0.3, -0.25) is 0 Å². The van der Waals surface area contributed by atoms with Gasteiger partial charge in [0.25, 0.3) is 6.71 Å². The van der Waals surface area contributed by atoms with Gasteiger partial charge in [0.2, 0.25) is 0 Å². The minimum absolute atomic E-state index is 0.0651. The van der Waals surface area contributed by atoms with E-state index in [9.17, 15) is 0 Å². The van der Waals surface area contributed by atoms with E-state index >= 15 is 0 Å². The number of nitrogens with zero attached hydrogens (tertiary/aromatic N) is 3. The maximum absolute atomic E-state index is 2.55. The van der Waals surface area contributed by atoms with Crippen molar-refractivity contribution in [3.05, 3.63) is 291 Å². The molecule has 3 nitrogen and oxygen atoms in total. The molecule has 4 heteroatoms. The third-order valence-electron chi connectivity index (χ3n) is 15.8. The van der Waals surface area contributed by atoms with Gasteiger partial charge < -0.3 is 14.4 Å². The Labute approximate surface area is 443 Å². The summed E-state index contributed by atoms with van der Waals surface area (Å²) in [5.74, 6) is 0. The van der Waals surface area contributed by atoms with Crippen molar-refractivity contribution in [2.24, 2.45) is 0 Å². The van der Waals surface area contributed by atoms with Gasteiger partial charge in [0.05, 0.1) is 11.0 Å². The van der Waals surface area contributed by atoms with Gasteiger partial charge in [-0.15, -0.1) is 0 Å². The van der Waals surface area contributed by atoms with Crippen molar-refractivity contribution in [1.82, 2.24) is 4.57 Å². The molecule has 0 atom stereocenters. The van der Waals surface area contributed by atoms with Crippen LogP contribution in [0.3, 0.4) is 0 Å². The Kier molecular flexibility index (Phi) is 10.3. The molecule has 12 aromatic carbocycles. The minimum atomic E-state index is -0.0651.